The molecule has 7 nitrogen and oxygen atoms in total. The maximum absolute atomic E-state index is 11.1. The van der Waals surface area contributed by atoms with Gasteiger partial charge in [-0.15, -0.1) is 0 Å². The van der Waals surface area contributed by atoms with Gasteiger partial charge in [0.15, 0.2) is 6.67 Å². The van der Waals surface area contributed by atoms with Crippen molar-refractivity contribution in [3.05, 3.63) is 39.9 Å². The first kappa shape index (κ1) is 19.9. The van der Waals surface area contributed by atoms with Gasteiger partial charge in [0.1, 0.15) is 5.82 Å². The standard InChI is InChI=1S/C18H25ClN6OS/c1-2-24-17(7-6-16(20)26)21-25(18(24)27)13-22-8-10-23(11-9-22)15-5-3-4-14(19)12-15/h3-5,12H,2,6-11,13H2,1H3,(H2,20,26)/p+1. The Morgan fingerprint density at radius 1 is 1.37 bits per heavy atom. The molecule has 0 aliphatic carbocycles. The van der Waals surface area contributed by atoms with Crippen molar-refractivity contribution in [2.45, 2.75) is 33.0 Å². The summed E-state index contributed by atoms with van der Waals surface area (Å²) in [5.74, 6) is 0.513. The van der Waals surface area contributed by atoms with Crippen LogP contribution in [0.1, 0.15) is 19.2 Å². The molecule has 0 spiro atoms. The van der Waals surface area contributed by atoms with Crippen molar-refractivity contribution < 1.29 is 9.69 Å². The van der Waals surface area contributed by atoms with Gasteiger partial charge in [-0.1, -0.05) is 17.7 Å². The number of rotatable bonds is 7. The van der Waals surface area contributed by atoms with Crippen molar-refractivity contribution in [3.8, 4) is 0 Å². The third kappa shape index (κ3) is 4.88. The highest BCUT2D eigenvalue weighted by Gasteiger charge is 2.22. The third-order valence-electron chi connectivity index (χ3n) is 4.93. The van der Waals surface area contributed by atoms with Gasteiger partial charge in [-0.25, -0.2) is 0 Å². The molecule has 1 aromatic carbocycles. The van der Waals surface area contributed by atoms with E-state index in [9.17, 15) is 4.79 Å². The highest BCUT2D eigenvalue weighted by molar-refractivity contribution is 7.71. The SMILES string of the molecule is CCn1c(CCC(N)=O)nn(C[NH+]2CCN(c3cccc(Cl)c3)CC2)c1=S. The molecule has 0 radical (unpaired) electrons. The predicted molar refractivity (Wildman–Crippen MR) is 109 cm³/mol. The number of hydrogen-bond donors (Lipinski definition) is 2. The van der Waals surface area contributed by atoms with E-state index in [-0.39, 0.29) is 12.3 Å². The Balaban J connectivity index is 1.63. The molecular weight excluding hydrogens is 384 g/mol. The maximum atomic E-state index is 11.1. The third-order valence-corrected chi connectivity index (χ3v) is 5.59. The van der Waals surface area contributed by atoms with Crippen molar-refractivity contribution in [3.63, 3.8) is 0 Å². The summed E-state index contributed by atoms with van der Waals surface area (Å²) in [6.45, 7) is 7.45. The molecule has 3 rings (SSSR count). The molecule has 0 atom stereocenters. The molecular formula is C18H26ClN6OS+. The summed E-state index contributed by atoms with van der Waals surface area (Å²) >= 11 is 11.7. The number of piperazine rings is 1. The van der Waals surface area contributed by atoms with Crippen LogP contribution in [0.15, 0.2) is 24.3 Å². The molecule has 146 valence electrons. The fourth-order valence-electron chi connectivity index (χ4n) is 3.45. The van der Waals surface area contributed by atoms with E-state index in [0.717, 1.165) is 50.2 Å². The van der Waals surface area contributed by atoms with Crippen LogP contribution in [0.25, 0.3) is 0 Å². The van der Waals surface area contributed by atoms with Crippen LogP contribution in [0, 0.1) is 4.77 Å². The van der Waals surface area contributed by atoms with Crippen LogP contribution in [0.2, 0.25) is 5.02 Å². The van der Waals surface area contributed by atoms with Crippen molar-refractivity contribution in [2.75, 3.05) is 31.1 Å². The zero-order valence-electron chi connectivity index (χ0n) is 15.5. The number of hydrogen-bond acceptors (Lipinski definition) is 4. The molecule has 1 saturated heterocycles. The van der Waals surface area contributed by atoms with Crippen molar-refractivity contribution in [2.24, 2.45) is 5.73 Å². The Morgan fingerprint density at radius 3 is 2.74 bits per heavy atom. The number of carbonyl (C=O) groups is 1. The predicted octanol–water partition coefficient (Wildman–Crippen LogP) is 0.868. The van der Waals surface area contributed by atoms with E-state index in [2.05, 4.69) is 16.1 Å². The molecule has 3 N–H and O–H groups in total. The molecule has 9 heteroatoms. The van der Waals surface area contributed by atoms with Crippen LogP contribution in [-0.4, -0.2) is 46.4 Å². The topological polar surface area (TPSA) is 73.5 Å². The minimum absolute atomic E-state index is 0.289. The van der Waals surface area contributed by atoms with Crippen molar-refractivity contribution >= 4 is 35.4 Å². The summed E-state index contributed by atoms with van der Waals surface area (Å²) in [6, 6.07) is 7.99. The van der Waals surface area contributed by atoms with E-state index in [0.29, 0.717) is 11.2 Å². The number of carbonyl (C=O) groups excluding carboxylic acids is 1. The number of primary amides is 1. The lowest BCUT2D eigenvalue weighted by Gasteiger charge is -2.33. The fourth-order valence-corrected chi connectivity index (χ4v) is 3.97. The zero-order valence-corrected chi connectivity index (χ0v) is 17.1. The number of amides is 1. The molecule has 1 aromatic heterocycles. The Bertz CT molecular complexity index is 856. The lowest BCUT2D eigenvalue weighted by molar-refractivity contribution is -0.924. The number of nitrogens with zero attached hydrogens (tertiary/aromatic N) is 4. The average molecular weight is 410 g/mol. The van der Waals surface area contributed by atoms with E-state index in [1.165, 1.54) is 10.6 Å². The maximum Gasteiger partial charge on any atom is 0.217 e. The first-order valence-corrected chi connectivity index (χ1v) is 10.1. The first-order chi connectivity index (χ1) is 13.0. The van der Waals surface area contributed by atoms with Gasteiger partial charge in [0.2, 0.25) is 10.7 Å². The van der Waals surface area contributed by atoms with Crippen molar-refractivity contribution in [1.82, 2.24) is 14.3 Å². The lowest BCUT2D eigenvalue weighted by Crippen LogP contribution is -3.14. The summed E-state index contributed by atoms with van der Waals surface area (Å²) in [4.78, 5) is 14.9. The van der Waals surface area contributed by atoms with Crippen LogP contribution < -0.4 is 15.5 Å². The number of benzene rings is 1. The second kappa shape index (κ2) is 8.86. The van der Waals surface area contributed by atoms with E-state index < -0.39 is 0 Å². The monoisotopic (exact) mass is 409 g/mol. The smallest absolute Gasteiger partial charge is 0.217 e. The first-order valence-electron chi connectivity index (χ1n) is 9.27. The molecule has 27 heavy (non-hydrogen) atoms. The normalized spacial score (nSPS) is 15.3. The van der Waals surface area contributed by atoms with Gasteiger partial charge < -0.3 is 20.1 Å². The number of nitrogens with one attached hydrogen (secondary N) is 1. The minimum Gasteiger partial charge on any atom is -0.370 e. The Morgan fingerprint density at radius 2 is 2.11 bits per heavy atom. The summed E-state index contributed by atoms with van der Waals surface area (Å²) in [5.41, 5.74) is 6.44. The number of aromatic nitrogens is 3. The summed E-state index contributed by atoms with van der Waals surface area (Å²) in [5, 5.41) is 5.42. The number of anilines is 1. The number of nitrogens with two attached hydrogens (primary N) is 1. The Labute approximate surface area is 169 Å². The Kier molecular flexibility index (Phi) is 6.51. The number of aryl methyl sites for hydroxylation is 1. The van der Waals surface area contributed by atoms with Gasteiger partial charge in [-0.05, 0) is 37.3 Å². The summed E-state index contributed by atoms with van der Waals surface area (Å²) < 4.78 is 4.58. The van der Waals surface area contributed by atoms with E-state index in [1.54, 1.807) is 0 Å². The number of quaternary nitrogens is 1. The van der Waals surface area contributed by atoms with Gasteiger partial charge in [0.25, 0.3) is 0 Å². The van der Waals surface area contributed by atoms with Crippen LogP contribution >= 0.6 is 23.8 Å². The molecule has 1 aliphatic rings. The molecule has 1 aliphatic heterocycles. The van der Waals surface area contributed by atoms with Gasteiger partial charge >= 0.3 is 0 Å². The molecule has 2 heterocycles. The molecule has 2 aromatic rings. The van der Waals surface area contributed by atoms with E-state index in [1.807, 2.05) is 34.4 Å². The van der Waals surface area contributed by atoms with E-state index >= 15 is 0 Å². The molecule has 0 bridgehead atoms. The second-order valence-corrected chi connectivity index (χ2v) is 7.59. The minimum atomic E-state index is -0.319. The molecule has 0 saturated carbocycles. The summed E-state index contributed by atoms with van der Waals surface area (Å²) in [7, 11) is 0. The van der Waals surface area contributed by atoms with Crippen molar-refractivity contribution in [1.29, 1.82) is 0 Å². The average Bonchev–Trinajstić information content (AvgIpc) is 2.95. The highest BCUT2D eigenvalue weighted by atomic mass is 35.5. The molecule has 1 fully saturated rings. The van der Waals surface area contributed by atoms with Crippen LogP contribution in [-0.2, 0) is 24.4 Å². The molecule has 0 unspecified atom stereocenters. The van der Waals surface area contributed by atoms with Crippen LogP contribution in [0.4, 0.5) is 5.69 Å². The van der Waals surface area contributed by atoms with Gasteiger partial charge in [0, 0.05) is 30.1 Å². The second-order valence-electron chi connectivity index (χ2n) is 6.78. The van der Waals surface area contributed by atoms with Crippen LogP contribution in [0.3, 0.4) is 0 Å². The number of halogens is 1. The van der Waals surface area contributed by atoms with E-state index in [4.69, 9.17) is 29.6 Å². The Hall–Kier alpha value is -1.90. The summed E-state index contributed by atoms with van der Waals surface area (Å²) in [6.07, 6.45) is 0.814. The molecule has 1 amide bonds. The van der Waals surface area contributed by atoms with Gasteiger partial charge in [-0.3, -0.25) is 4.79 Å². The van der Waals surface area contributed by atoms with Gasteiger partial charge in [0.05, 0.1) is 26.2 Å². The van der Waals surface area contributed by atoms with Gasteiger partial charge in [-0.2, -0.15) is 9.78 Å². The highest BCUT2D eigenvalue weighted by Crippen LogP contribution is 2.19. The largest absolute Gasteiger partial charge is 0.370 e. The fraction of sp³-hybridized carbons (Fsp3) is 0.500. The zero-order chi connectivity index (χ0) is 19.4. The lowest BCUT2D eigenvalue weighted by atomic mass is 10.2. The van der Waals surface area contributed by atoms with Crippen LogP contribution in [0.5, 0.6) is 0 Å². The quantitative estimate of drug-likeness (QED) is 0.665.